The summed E-state index contributed by atoms with van der Waals surface area (Å²) in [4.78, 5) is 21.4. The molecule has 1 amide bonds. The van der Waals surface area contributed by atoms with Gasteiger partial charge in [0.2, 0.25) is 0 Å². The first-order chi connectivity index (χ1) is 14.0. The molecule has 0 bridgehead atoms. The molecule has 0 aliphatic carbocycles. The zero-order valence-corrected chi connectivity index (χ0v) is 16.3. The van der Waals surface area contributed by atoms with Crippen molar-refractivity contribution in [3.8, 4) is 17.3 Å². The van der Waals surface area contributed by atoms with Crippen molar-refractivity contribution >= 4 is 11.6 Å². The third-order valence-corrected chi connectivity index (χ3v) is 4.45. The summed E-state index contributed by atoms with van der Waals surface area (Å²) < 4.78 is 6.97. The predicted molar refractivity (Wildman–Crippen MR) is 108 cm³/mol. The van der Waals surface area contributed by atoms with Gasteiger partial charge in [-0.2, -0.15) is 10.1 Å². The highest BCUT2D eigenvalue weighted by Gasteiger charge is 2.17. The zero-order valence-electron chi connectivity index (χ0n) is 16.3. The maximum atomic E-state index is 12.6. The summed E-state index contributed by atoms with van der Waals surface area (Å²) in [7, 11) is 0. The Morgan fingerprint density at radius 1 is 1.17 bits per heavy atom. The van der Waals surface area contributed by atoms with Crippen LogP contribution in [0.2, 0.25) is 0 Å². The van der Waals surface area contributed by atoms with Gasteiger partial charge in [-0.1, -0.05) is 37.2 Å². The first-order valence-corrected chi connectivity index (χ1v) is 9.24. The van der Waals surface area contributed by atoms with E-state index in [1.807, 2.05) is 51.1 Å². The van der Waals surface area contributed by atoms with Crippen LogP contribution < -0.4 is 5.32 Å². The molecule has 8 nitrogen and oxygen atoms in total. The molecule has 0 radical (unpaired) electrons. The molecule has 8 heteroatoms. The van der Waals surface area contributed by atoms with Crippen LogP contribution >= 0.6 is 0 Å². The van der Waals surface area contributed by atoms with Crippen molar-refractivity contribution in [2.45, 2.75) is 26.7 Å². The van der Waals surface area contributed by atoms with Crippen LogP contribution in [0.25, 0.3) is 17.3 Å². The van der Waals surface area contributed by atoms with E-state index >= 15 is 0 Å². The van der Waals surface area contributed by atoms with Crippen molar-refractivity contribution in [2.24, 2.45) is 0 Å². The van der Waals surface area contributed by atoms with Gasteiger partial charge in [0.15, 0.2) is 11.6 Å². The van der Waals surface area contributed by atoms with Crippen LogP contribution in [0.1, 0.15) is 41.6 Å². The summed E-state index contributed by atoms with van der Waals surface area (Å²) >= 11 is 0. The number of hydrogen-bond donors (Lipinski definition) is 1. The van der Waals surface area contributed by atoms with E-state index in [-0.39, 0.29) is 11.8 Å². The lowest BCUT2D eigenvalue weighted by atomic mass is 10.2. The topological polar surface area (TPSA) is 98.7 Å². The lowest BCUT2D eigenvalue weighted by Crippen LogP contribution is -2.13. The maximum absolute atomic E-state index is 12.6. The van der Waals surface area contributed by atoms with Gasteiger partial charge in [-0.05, 0) is 31.2 Å². The van der Waals surface area contributed by atoms with E-state index in [1.165, 1.54) is 6.20 Å². The summed E-state index contributed by atoms with van der Waals surface area (Å²) in [6.45, 7) is 5.83. The molecule has 1 aromatic carbocycles. The number of benzene rings is 1. The van der Waals surface area contributed by atoms with Crippen molar-refractivity contribution in [1.82, 2.24) is 24.9 Å². The van der Waals surface area contributed by atoms with Gasteiger partial charge in [0.1, 0.15) is 0 Å². The van der Waals surface area contributed by atoms with Gasteiger partial charge in [-0.3, -0.25) is 4.79 Å². The highest BCUT2D eigenvalue weighted by atomic mass is 16.5. The van der Waals surface area contributed by atoms with Crippen molar-refractivity contribution in [3.63, 3.8) is 0 Å². The van der Waals surface area contributed by atoms with Gasteiger partial charge in [-0.15, -0.1) is 0 Å². The highest BCUT2D eigenvalue weighted by molar-refractivity contribution is 6.04. The normalized spacial score (nSPS) is 11.0. The Hall–Kier alpha value is -3.81. The molecular weight excluding hydrogens is 368 g/mol. The summed E-state index contributed by atoms with van der Waals surface area (Å²) in [6.07, 6.45) is 3.18. The van der Waals surface area contributed by atoms with Gasteiger partial charge >= 0.3 is 0 Å². The van der Waals surface area contributed by atoms with Crippen LogP contribution in [-0.4, -0.2) is 30.8 Å². The Labute approximate surface area is 167 Å². The molecule has 146 valence electrons. The second-order valence-electron chi connectivity index (χ2n) is 6.89. The number of para-hydroxylation sites is 1. The minimum absolute atomic E-state index is 0.174. The quantitative estimate of drug-likeness (QED) is 0.555. The SMILES string of the molecule is Cc1c(C(=O)Nc2ccccc2)cnn1-c1cc(-c2nc(C(C)C)no2)ccn1. The molecule has 29 heavy (non-hydrogen) atoms. The molecule has 3 aromatic heterocycles. The van der Waals surface area contributed by atoms with Gasteiger partial charge < -0.3 is 9.84 Å². The number of anilines is 1. The molecule has 4 rings (SSSR count). The van der Waals surface area contributed by atoms with E-state index in [0.29, 0.717) is 28.8 Å². The molecule has 4 aromatic rings. The Bertz CT molecular complexity index is 1150. The third-order valence-electron chi connectivity index (χ3n) is 4.45. The number of rotatable bonds is 5. The second kappa shape index (κ2) is 7.67. The largest absolute Gasteiger partial charge is 0.334 e. The third kappa shape index (κ3) is 3.77. The van der Waals surface area contributed by atoms with Crippen molar-refractivity contribution in [2.75, 3.05) is 5.32 Å². The maximum Gasteiger partial charge on any atom is 0.259 e. The van der Waals surface area contributed by atoms with Crippen LogP contribution in [-0.2, 0) is 0 Å². The first-order valence-electron chi connectivity index (χ1n) is 9.24. The van der Waals surface area contributed by atoms with Crippen LogP contribution in [0.4, 0.5) is 5.69 Å². The van der Waals surface area contributed by atoms with Crippen LogP contribution in [0.3, 0.4) is 0 Å². The van der Waals surface area contributed by atoms with E-state index in [9.17, 15) is 4.79 Å². The van der Waals surface area contributed by atoms with Crippen molar-refractivity contribution in [3.05, 3.63) is 71.9 Å². The van der Waals surface area contributed by atoms with Crippen LogP contribution in [0.5, 0.6) is 0 Å². The summed E-state index contributed by atoms with van der Waals surface area (Å²) in [6, 6.07) is 12.9. The minimum atomic E-state index is -0.227. The number of aromatic nitrogens is 5. The lowest BCUT2D eigenvalue weighted by Gasteiger charge is -2.06. The molecule has 0 saturated heterocycles. The van der Waals surface area contributed by atoms with Gasteiger partial charge in [0.25, 0.3) is 11.8 Å². The standard InChI is InChI=1S/C21H20N6O2/c1-13(2)19-25-21(29-26-19)15-9-10-22-18(11-15)27-14(3)17(12-23-27)20(28)24-16-7-5-4-6-8-16/h4-13H,1-3H3,(H,24,28). The molecule has 0 saturated carbocycles. The smallest absolute Gasteiger partial charge is 0.259 e. The molecule has 0 fully saturated rings. The summed E-state index contributed by atoms with van der Waals surface area (Å²) in [5.74, 6) is 1.57. The minimum Gasteiger partial charge on any atom is -0.334 e. The number of carbonyl (C=O) groups excluding carboxylic acids is 1. The number of hydrogen-bond acceptors (Lipinski definition) is 6. The Morgan fingerprint density at radius 3 is 2.69 bits per heavy atom. The fraction of sp³-hybridized carbons (Fsp3) is 0.190. The molecule has 3 heterocycles. The Balaban J connectivity index is 1.61. The lowest BCUT2D eigenvalue weighted by molar-refractivity contribution is 0.102. The van der Waals surface area contributed by atoms with E-state index < -0.39 is 0 Å². The fourth-order valence-corrected chi connectivity index (χ4v) is 2.84. The number of nitrogens with zero attached hydrogens (tertiary/aromatic N) is 5. The second-order valence-corrected chi connectivity index (χ2v) is 6.89. The molecular formula is C21H20N6O2. The average Bonchev–Trinajstić information content (AvgIpc) is 3.36. The zero-order chi connectivity index (χ0) is 20.4. The fourth-order valence-electron chi connectivity index (χ4n) is 2.84. The van der Waals surface area contributed by atoms with Gasteiger partial charge in [0, 0.05) is 23.4 Å². The van der Waals surface area contributed by atoms with Crippen LogP contribution in [0.15, 0.2) is 59.4 Å². The van der Waals surface area contributed by atoms with E-state index in [0.717, 1.165) is 11.3 Å². The highest BCUT2D eigenvalue weighted by Crippen LogP contribution is 2.22. The number of nitrogens with one attached hydrogen (secondary N) is 1. The van der Waals surface area contributed by atoms with E-state index in [4.69, 9.17) is 4.52 Å². The van der Waals surface area contributed by atoms with E-state index in [2.05, 4.69) is 25.5 Å². The molecule has 0 aliphatic heterocycles. The average molecular weight is 388 g/mol. The molecule has 1 N–H and O–H groups in total. The van der Waals surface area contributed by atoms with E-state index in [1.54, 1.807) is 23.0 Å². The van der Waals surface area contributed by atoms with Crippen molar-refractivity contribution in [1.29, 1.82) is 0 Å². The molecule has 0 unspecified atom stereocenters. The molecule has 0 atom stereocenters. The molecule has 0 aliphatic rings. The Kier molecular flexibility index (Phi) is 4.90. The number of amides is 1. The first kappa shape index (κ1) is 18.5. The van der Waals surface area contributed by atoms with Gasteiger partial charge in [-0.25, -0.2) is 9.67 Å². The van der Waals surface area contributed by atoms with Gasteiger partial charge in [0.05, 0.1) is 17.5 Å². The van der Waals surface area contributed by atoms with Crippen molar-refractivity contribution < 1.29 is 9.32 Å². The van der Waals surface area contributed by atoms with Crippen LogP contribution in [0, 0.1) is 6.92 Å². The monoisotopic (exact) mass is 388 g/mol. The summed E-state index contributed by atoms with van der Waals surface area (Å²) in [5.41, 5.74) is 2.61. The Morgan fingerprint density at radius 2 is 1.97 bits per heavy atom. The number of pyridine rings is 1. The number of carbonyl (C=O) groups is 1. The summed E-state index contributed by atoms with van der Waals surface area (Å²) in [5, 5.41) is 11.2. The predicted octanol–water partition coefficient (Wildman–Crippen LogP) is 4.00. The molecule has 0 spiro atoms.